The van der Waals surface area contributed by atoms with E-state index in [0.717, 1.165) is 38.0 Å². The van der Waals surface area contributed by atoms with Gasteiger partial charge in [0, 0.05) is 25.4 Å². The number of nitrogens with zero attached hydrogens (tertiary/aromatic N) is 1. The van der Waals surface area contributed by atoms with E-state index >= 15 is 0 Å². The van der Waals surface area contributed by atoms with Crippen molar-refractivity contribution in [3.63, 3.8) is 0 Å². The normalized spacial score (nSPS) is 16.8. The average Bonchev–Trinajstić information content (AvgIpc) is 2.40. The first-order chi connectivity index (χ1) is 8.72. The lowest BCUT2D eigenvalue weighted by molar-refractivity contribution is 0.100. The second-order valence-electron chi connectivity index (χ2n) is 4.82. The van der Waals surface area contributed by atoms with Gasteiger partial charge in [0.1, 0.15) is 0 Å². The van der Waals surface area contributed by atoms with Crippen molar-refractivity contribution in [3.8, 4) is 0 Å². The molecule has 0 aromatic heterocycles. The van der Waals surface area contributed by atoms with Crippen LogP contribution in [0.25, 0.3) is 0 Å². The summed E-state index contributed by atoms with van der Waals surface area (Å²) in [6.07, 6.45) is 3.01. The minimum atomic E-state index is -0.372. The molecule has 1 saturated heterocycles. The van der Waals surface area contributed by atoms with E-state index < -0.39 is 0 Å². The molecular formula is C14H20N2O2. The maximum absolute atomic E-state index is 11.4. The first kappa shape index (κ1) is 12.9. The SMILES string of the molecule is NC(=O)c1ccccc1N1CCC(CCO)CC1. The summed E-state index contributed by atoms with van der Waals surface area (Å²) < 4.78 is 0. The first-order valence-electron chi connectivity index (χ1n) is 6.47. The Kier molecular flexibility index (Phi) is 4.20. The molecule has 1 aliphatic rings. The summed E-state index contributed by atoms with van der Waals surface area (Å²) in [5.74, 6) is 0.232. The molecule has 0 unspecified atom stereocenters. The lowest BCUT2D eigenvalue weighted by Gasteiger charge is -2.34. The molecule has 0 saturated carbocycles. The number of rotatable bonds is 4. The van der Waals surface area contributed by atoms with Crippen LogP contribution < -0.4 is 10.6 Å². The molecule has 1 aliphatic heterocycles. The van der Waals surface area contributed by atoms with Gasteiger partial charge in [0.25, 0.3) is 5.91 Å². The van der Waals surface area contributed by atoms with Gasteiger partial charge in [0.15, 0.2) is 0 Å². The van der Waals surface area contributed by atoms with Gasteiger partial charge in [-0.1, -0.05) is 12.1 Å². The number of para-hydroxylation sites is 1. The molecule has 3 N–H and O–H groups in total. The van der Waals surface area contributed by atoms with Crippen molar-refractivity contribution < 1.29 is 9.90 Å². The Hall–Kier alpha value is -1.55. The number of hydrogen-bond acceptors (Lipinski definition) is 3. The second kappa shape index (κ2) is 5.87. The smallest absolute Gasteiger partial charge is 0.250 e. The Labute approximate surface area is 107 Å². The minimum Gasteiger partial charge on any atom is -0.396 e. The van der Waals surface area contributed by atoms with Crippen LogP contribution in [0.3, 0.4) is 0 Å². The Morgan fingerprint density at radius 2 is 2.00 bits per heavy atom. The first-order valence-corrected chi connectivity index (χ1v) is 6.47. The van der Waals surface area contributed by atoms with Gasteiger partial charge in [-0.3, -0.25) is 4.79 Å². The molecule has 1 aromatic carbocycles. The van der Waals surface area contributed by atoms with Crippen LogP contribution in [0.1, 0.15) is 29.6 Å². The van der Waals surface area contributed by atoms with E-state index in [1.54, 1.807) is 6.07 Å². The van der Waals surface area contributed by atoms with Crippen molar-refractivity contribution in [1.82, 2.24) is 0 Å². The van der Waals surface area contributed by atoms with Gasteiger partial charge in [-0.15, -0.1) is 0 Å². The standard InChI is InChI=1S/C14H20N2O2/c15-14(18)12-3-1-2-4-13(12)16-8-5-11(6-9-16)7-10-17/h1-4,11,17H,5-10H2,(H2,15,18). The molecule has 0 aliphatic carbocycles. The molecule has 0 spiro atoms. The largest absolute Gasteiger partial charge is 0.396 e. The van der Waals surface area contributed by atoms with Crippen LogP contribution in [-0.4, -0.2) is 30.7 Å². The Morgan fingerprint density at radius 1 is 1.33 bits per heavy atom. The minimum absolute atomic E-state index is 0.266. The van der Waals surface area contributed by atoms with E-state index in [4.69, 9.17) is 10.8 Å². The predicted octanol–water partition coefficient (Wildman–Crippen LogP) is 1.38. The van der Waals surface area contributed by atoms with Crippen molar-refractivity contribution in [3.05, 3.63) is 29.8 Å². The monoisotopic (exact) mass is 248 g/mol. The lowest BCUT2D eigenvalue weighted by Crippen LogP contribution is -2.35. The molecule has 98 valence electrons. The van der Waals surface area contributed by atoms with Crippen LogP contribution in [0.5, 0.6) is 0 Å². The predicted molar refractivity (Wildman–Crippen MR) is 71.6 cm³/mol. The van der Waals surface area contributed by atoms with E-state index in [9.17, 15) is 4.79 Å². The van der Waals surface area contributed by atoms with Crippen molar-refractivity contribution in [2.75, 3.05) is 24.6 Å². The summed E-state index contributed by atoms with van der Waals surface area (Å²) >= 11 is 0. The third-order valence-corrected chi connectivity index (χ3v) is 3.66. The number of benzene rings is 1. The lowest BCUT2D eigenvalue weighted by atomic mass is 9.93. The van der Waals surface area contributed by atoms with Crippen LogP contribution in [-0.2, 0) is 0 Å². The molecule has 4 heteroatoms. The topological polar surface area (TPSA) is 66.6 Å². The van der Waals surface area contributed by atoms with E-state index in [2.05, 4.69) is 4.90 Å². The Bertz CT molecular complexity index is 412. The van der Waals surface area contributed by atoms with Crippen LogP contribution in [0, 0.1) is 5.92 Å². The van der Waals surface area contributed by atoms with Crippen LogP contribution in [0.2, 0.25) is 0 Å². The molecule has 1 heterocycles. The zero-order chi connectivity index (χ0) is 13.0. The van der Waals surface area contributed by atoms with Crippen molar-refractivity contribution >= 4 is 11.6 Å². The molecule has 1 amide bonds. The highest BCUT2D eigenvalue weighted by Crippen LogP contribution is 2.27. The van der Waals surface area contributed by atoms with Crippen molar-refractivity contribution in [2.24, 2.45) is 11.7 Å². The molecule has 1 fully saturated rings. The fraction of sp³-hybridized carbons (Fsp3) is 0.500. The highest BCUT2D eigenvalue weighted by molar-refractivity contribution is 5.98. The van der Waals surface area contributed by atoms with Gasteiger partial charge in [0.2, 0.25) is 0 Å². The summed E-state index contributed by atoms with van der Waals surface area (Å²) in [6.45, 7) is 2.12. The Morgan fingerprint density at radius 3 is 2.61 bits per heavy atom. The molecule has 0 radical (unpaired) electrons. The summed E-state index contributed by atoms with van der Waals surface area (Å²) in [5, 5.41) is 8.94. The summed E-state index contributed by atoms with van der Waals surface area (Å²) in [5.41, 5.74) is 6.93. The van der Waals surface area contributed by atoms with Crippen molar-refractivity contribution in [1.29, 1.82) is 0 Å². The zero-order valence-electron chi connectivity index (χ0n) is 10.5. The average molecular weight is 248 g/mol. The third kappa shape index (κ3) is 2.82. The van der Waals surface area contributed by atoms with Crippen LogP contribution in [0.4, 0.5) is 5.69 Å². The summed E-state index contributed by atoms with van der Waals surface area (Å²) in [7, 11) is 0. The quantitative estimate of drug-likeness (QED) is 0.846. The number of piperidine rings is 1. The number of primary amides is 1. The Balaban J connectivity index is 2.07. The number of anilines is 1. The zero-order valence-corrected chi connectivity index (χ0v) is 10.5. The van der Waals surface area contributed by atoms with Gasteiger partial charge in [-0.2, -0.15) is 0 Å². The molecule has 18 heavy (non-hydrogen) atoms. The number of carbonyl (C=O) groups excluding carboxylic acids is 1. The van der Waals surface area contributed by atoms with E-state index in [1.807, 2.05) is 18.2 Å². The second-order valence-corrected chi connectivity index (χ2v) is 4.82. The molecular weight excluding hydrogens is 228 g/mol. The van der Waals surface area contributed by atoms with Crippen LogP contribution >= 0.6 is 0 Å². The molecule has 4 nitrogen and oxygen atoms in total. The summed E-state index contributed by atoms with van der Waals surface area (Å²) in [4.78, 5) is 13.6. The maximum Gasteiger partial charge on any atom is 0.250 e. The molecule has 0 bridgehead atoms. The van der Waals surface area contributed by atoms with Gasteiger partial charge < -0.3 is 15.7 Å². The molecule has 2 rings (SSSR count). The number of hydrogen-bond donors (Lipinski definition) is 2. The number of aliphatic hydroxyl groups is 1. The van der Waals surface area contributed by atoms with E-state index in [0.29, 0.717) is 11.5 Å². The number of carbonyl (C=O) groups is 1. The van der Waals surface area contributed by atoms with Gasteiger partial charge in [-0.05, 0) is 37.3 Å². The van der Waals surface area contributed by atoms with Gasteiger partial charge in [0.05, 0.1) is 5.56 Å². The fourth-order valence-electron chi connectivity index (χ4n) is 2.60. The number of amides is 1. The molecule has 0 atom stereocenters. The molecule has 1 aromatic rings. The highest BCUT2D eigenvalue weighted by Gasteiger charge is 2.21. The van der Waals surface area contributed by atoms with Crippen LogP contribution in [0.15, 0.2) is 24.3 Å². The van der Waals surface area contributed by atoms with Gasteiger partial charge in [-0.25, -0.2) is 0 Å². The number of nitrogens with two attached hydrogens (primary N) is 1. The van der Waals surface area contributed by atoms with Gasteiger partial charge >= 0.3 is 0 Å². The maximum atomic E-state index is 11.4. The number of aliphatic hydroxyl groups excluding tert-OH is 1. The highest BCUT2D eigenvalue weighted by atomic mass is 16.3. The fourth-order valence-corrected chi connectivity index (χ4v) is 2.60. The third-order valence-electron chi connectivity index (χ3n) is 3.66. The van der Waals surface area contributed by atoms with E-state index in [1.165, 1.54) is 0 Å². The van der Waals surface area contributed by atoms with Crippen molar-refractivity contribution in [2.45, 2.75) is 19.3 Å². The van der Waals surface area contributed by atoms with E-state index in [-0.39, 0.29) is 12.5 Å². The summed E-state index contributed by atoms with van der Waals surface area (Å²) in [6, 6.07) is 7.49.